The van der Waals surface area contributed by atoms with Gasteiger partial charge >= 0.3 is 0 Å². The third-order valence-corrected chi connectivity index (χ3v) is 3.84. The summed E-state index contributed by atoms with van der Waals surface area (Å²) in [4.78, 5) is 2.15. The fraction of sp³-hybridized carbons (Fsp3) is 0.417. The second kappa shape index (κ2) is 6.17. The Morgan fingerprint density at radius 1 is 1.56 bits per heavy atom. The van der Waals surface area contributed by atoms with Gasteiger partial charge in [-0.3, -0.25) is 0 Å². The van der Waals surface area contributed by atoms with Crippen LogP contribution in [0.4, 0.5) is 5.69 Å². The molecule has 0 radical (unpaired) electrons. The molecule has 0 fully saturated rings. The molecule has 1 atom stereocenters. The first kappa shape index (κ1) is 13.4. The van der Waals surface area contributed by atoms with Crippen molar-refractivity contribution in [3.63, 3.8) is 0 Å². The maximum absolute atomic E-state index is 9.07. The number of halogens is 1. The summed E-state index contributed by atoms with van der Waals surface area (Å²) in [6.07, 6.45) is 2.09. The molecule has 0 aliphatic heterocycles. The molecule has 0 saturated heterocycles. The van der Waals surface area contributed by atoms with E-state index < -0.39 is 0 Å². The van der Waals surface area contributed by atoms with Crippen LogP contribution in [-0.4, -0.2) is 25.1 Å². The summed E-state index contributed by atoms with van der Waals surface area (Å²) >= 11 is 5.25. The second-order valence-corrected chi connectivity index (χ2v) is 5.51. The largest absolute Gasteiger partial charge is 0.370 e. The van der Waals surface area contributed by atoms with Crippen molar-refractivity contribution in [2.45, 2.75) is 13.0 Å². The molecule has 0 amide bonds. The van der Waals surface area contributed by atoms with Crippen LogP contribution in [0.1, 0.15) is 12.5 Å². The second-order valence-electron chi connectivity index (χ2n) is 3.69. The molecule has 0 aromatic heterocycles. The predicted molar refractivity (Wildman–Crippen MR) is 75.1 cm³/mol. The van der Waals surface area contributed by atoms with Gasteiger partial charge in [0.05, 0.1) is 11.3 Å². The predicted octanol–water partition coefficient (Wildman–Crippen LogP) is 3.51. The lowest BCUT2D eigenvalue weighted by molar-refractivity contribution is 0.764. The number of nitriles is 1. The Bertz CT molecular complexity index is 400. The van der Waals surface area contributed by atoms with Crippen LogP contribution in [0.5, 0.6) is 0 Å². The van der Waals surface area contributed by atoms with Gasteiger partial charge in [0.25, 0.3) is 0 Å². The molecule has 1 rings (SSSR count). The summed E-state index contributed by atoms with van der Waals surface area (Å²) < 4.78 is 1.00. The van der Waals surface area contributed by atoms with E-state index in [0.29, 0.717) is 6.04 Å². The fourth-order valence-corrected chi connectivity index (χ4v) is 2.54. The van der Waals surface area contributed by atoms with Crippen molar-refractivity contribution in [1.82, 2.24) is 0 Å². The Hall–Kier alpha value is -0.660. The SMILES string of the molecule is CSCC(C)N(C)c1cc(Br)ccc1C#N. The van der Waals surface area contributed by atoms with E-state index in [-0.39, 0.29) is 0 Å². The number of rotatable bonds is 4. The van der Waals surface area contributed by atoms with Crippen LogP contribution in [0.15, 0.2) is 22.7 Å². The maximum atomic E-state index is 9.07. The number of nitrogens with zero attached hydrogens (tertiary/aromatic N) is 2. The summed E-state index contributed by atoms with van der Waals surface area (Å²) in [5, 5.41) is 9.07. The van der Waals surface area contributed by atoms with Gasteiger partial charge in [-0.15, -0.1) is 0 Å². The highest BCUT2D eigenvalue weighted by Crippen LogP contribution is 2.25. The zero-order valence-corrected chi connectivity index (χ0v) is 12.1. The molecular formula is C12H15BrN2S. The number of thioether (sulfide) groups is 1. The average molecular weight is 299 g/mol. The van der Waals surface area contributed by atoms with Crippen LogP contribution in [0.25, 0.3) is 0 Å². The van der Waals surface area contributed by atoms with Gasteiger partial charge in [-0.25, -0.2) is 0 Å². The molecule has 1 aromatic carbocycles. The van der Waals surface area contributed by atoms with Crippen LogP contribution in [0.3, 0.4) is 0 Å². The Balaban J connectivity index is 3.02. The molecule has 86 valence electrons. The molecule has 16 heavy (non-hydrogen) atoms. The van der Waals surface area contributed by atoms with Crippen LogP contribution in [-0.2, 0) is 0 Å². The molecular weight excluding hydrogens is 284 g/mol. The molecule has 1 unspecified atom stereocenters. The third kappa shape index (κ3) is 3.16. The molecule has 2 nitrogen and oxygen atoms in total. The first-order chi connectivity index (χ1) is 7.60. The molecule has 0 saturated carbocycles. The Morgan fingerprint density at radius 2 is 2.25 bits per heavy atom. The topological polar surface area (TPSA) is 27.0 Å². The number of hydrogen-bond acceptors (Lipinski definition) is 3. The molecule has 0 bridgehead atoms. The first-order valence-electron chi connectivity index (χ1n) is 5.01. The van der Waals surface area contributed by atoms with Gasteiger partial charge < -0.3 is 4.90 Å². The van der Waals surface area contributed by atoms with E-state index in [1.165, 1.54) is 0 Å². The standard InChI is InChI=1S/C12H15BrN2S/c1-9(8-16-3)15(2)12-6-11(13)5-4-10(12)7-14/h4-6,9H,8H2,1-3H3. The van der Waals surface area contributed by atoms with Crippen molar-refractivity contribution in [2.75, 3.05) is 24.0 Å². The summed E-state index contributed by atoms with van der Waals surface area (Å²) in [5.41, 5.74) is 1.71. The van der Waals surface area contributed by atoms with Crippen molar-refractivity contribution < 1.29 is 0 Å². The van der Waals surface area contributed by atoms with E-state index in [1.54, 1.807) is 0 Å². The zero-order valence-electron chi connectivity index (χ0n) is 9.70. The Morgan fingerprint density at radius 3 is 2.81 bits per heavy atom. The molecule has 0 aliphatic rings. The highest BCUT2D eigenvalue weighted by atomic mass is 79.9. The van der Waals surface area contributed by atoms with E-state index in [9.17, 15) is 0 Å². The van der Waals surface area contributed by atoms with Crippen LogP contribution in [0, 0.1) is 11.3 Å². The maximum Gasteiger partial charge on any atom is 0.101 e. The highest BCUT2D eigenvalue weighted by molar-refractivity contribution is 9.10. The van der Waals surface area contributed by atoms with Gasteiger partial charge in [-0.1, -0.05) is 15.9 Å². The normalized spacial score (nSPS) is 11.9. The van der Waals surface area contributed by atoms with Crippen molar-refractivity contribution in [2.24, 2.45) is 0 Å². The molecule has 0 heterocycles. The minimum absolute atomic E-state index is 0.413. The monoisotopic (exact) mass is 298 g/mol. The Labute approximate surface area is 110 Å². The Kier molecular flexibility index (Phi) is 5.17. The van der Waals surface area contributed by atoms with E-state index >= 15 is 0 Å². The number of anilines is 1. The lowest BCUT2D eigenvalue weighted by atomic mass is 10.1. The summed E-state index contributed by atoms with van der Waals surface area (Å²) in [5.74, 6) is 1.05. The fourth-order valence-electron chi connectivity index (χ4n) is 1.48. The number of benzene rings is 1. The van der Waals surface area contributed by atoms with Crippen LogP contribution >= 0.6 is 27.7 Å². The van der Waals surface area contributed by atoms with Crippen LogP contribution < -0.4 is 4.90 Å². The van der Waals surface area contributed by atoms with E-state index in [4.69, 9.17) is 5.26 Å². The van der Waals surface area contributed by atoms with E-state index in [0.717, 1.165) is 21.5 Å². The average Bonchev–Trinajstić information content (AvgIpc) is 2.28. The summed E-state index contributed by atoms with van der Waals surface area (Å²) in [7, 11) is 2.03. The first-order valence-corrected chi connectivity index (χ1v) is 7.20. The smallest absolute Gasteiger partial charge is 0.101 e. The van der Waals surface area contributed by atoms with Crippen LogP contribution in [0.2, 0.25) is 0 Å². The third-order valence-electron chi connectivity index (χ3n) is 2.53. The van der Waals surface area contributed by atoms with Crippen molar-refractivity contribution in [3.8, 4) is 6.07 Å². The van der Waals surface area contributed by atoms with Crippen molar-refractivity contribution >= 4 is 33.4 Å². The molecule has 0 N–H and O–H groups in total. The van der Waals surface area contributed by atoms with Gasteiger partial charge in [0.2, 0.25) is 0 Å². The van der Waals surface area contributed by atoms with Gasteiger partial charge in [-0.2, -0.15) is 17.0 Å². The van der Waals surface area contributed by atoms with E-state index in [2.05, 4.69) is 40.1 Å². The molecule has 0 aliphatic carbocycles. The van der Waals surface area contributed by atoms with Gasteiger partial charge in [0.15, 0.2) is 0 Å². The highest BCUT2D eigenvalue weighted by Gasteiger charge is 2.13. The van der Waals surface area contributed by atoms with Crippen molar-refractivity contribution in [3.05, 3.63) is 28.2 Å². The molecule has 1 aromatic rings. The lowest BCUT2D eigenvalue weighted by Crippen LogP contribution is -2.31. The van der Waals surface area contributed by atoms with E-state index in [1.807, 2.05) is 37.0 Å². The summed E-state index contributed by atoms with van der Waals surface area (Å²) in [6.45, 7) is 2.17. The number of hydrogen-bond donors (Lipinski definition) is 0. The quantitative estimate of drug-likeness (QED) is 0.851. The summed E-state index contributed by atoms with van der Waals surface area (Å²) in [6, 6.07) is 8.39. The molecule has 0 spiro atoms. The zero-order chi connectivity index (χ0) is 12.1. The van der Waals surface area contributed by atoms with Gasteiger partial charge in [0.1, 0.15) is 6.07 Å². The molecule has 4 heteroatoms. The van der Waals surface area contributed by atoms with Gasteiger partial charge in [-0.05, 0) is 31.4 Å². The minimum Gasteiger partial charge on any atom is -0.370 e. The lowest BCUT2D eigenvalue weighted by Gasteiger charge is -2.27. The van der Waals surface area contributed by atoms with Crippen molar-refractivity contribution in [1.29, 1.82) is 5.26 Å². The van der Waals surface area contributed by atoms with Gasteiger partial charge in [0, 0.05) is 23.3 Å². The minimum atomic E-state index is 0.413.